The van der Waals surface area contributed by atoms with Crippen LogP contribution in [0.25, 0.3) is 0 Å². The molecule has 2 N–H and O–H groups in total. The molecule has 2 aromatic rings. The lowest BCUT2D eigenvalue weighted by Gasteiger charge is -2.12. The van der Waals surface area contributed by atoms with E-state index in [1.807, 2.05) is 0 Å². The van der Waals surface area contributed by atoms with Crippen LogP contribution >= 0.6 is 0 Å². The molecule has 0 aromatic heterocycles. The standard InChI is InChI=1S/C17H15F3N2O3/c1-10-6-7-11(18)8-13(10)22-15(23)9-21-16(24)12-4-2-3-5-14(12)25-17(19)20/h2-8,17H,9H2,1H3,(H,21,24)(H,22,23). The molecule has 5 nitrogen and oxygen atoms in total. The van der Waals surface area contributed by atoms with Gasteiger partial charge in [-0.3, -0.25) is 9.59 Å². The third-order valence-electron chi connectivity index (χ3n) is 3.23. The van der Waals surface area contributed by atoms with Crippen molar-refractivity contribution in [2.75, 3.05) is 11.9 Å². The minimum atomic E-state index is -3.08. The van der Waals surface area contributed by atoms with Crippen LogP contribution in [0.3, 0.4) is 0 Å². The number of para-hydroxylation sites is 1. The van der Waals surface area contributed by atoms with Gasteiger partial charge in [-0.1, -0.05) is 18.2 Å². The Morgan fingerprint density at radius 2 is 1.88 bits per heavy atom. The average Bonchev–Trinajstić information content (AvgIpc) is 2.56. The zero-order chi connectivity index (χ0) is 18.4. The second-order valence-corrected chi connectivity index (χ2v) is 5.06. The van der Waals surface area contributed by atoms with Crippen molar-refractivity contribution in [1.82, 2.24) is 5.32 Å². The number of hydrogen-bond acceptors (Lipinski definition) is 3. The first kappa shape index (κ1) is 18.3. The molecule has 2 amide bonds. The number of anilines is 1. The second-order valence-electron chi connectivity index (χ2n) is 5.06. The van der Waals surface area contributed by atoms with Crippen LogP contribution < -0.4 is 15.4 Å². The van der Waals surface area contributed by atoms with Crippen molar-refractivity contribution in [3.63, 3.8) is 0 Å². The Morgan fingerprint density at radius 3 is 2.60 bits per heavy atom. The molecule has 0 fully saturated rings. The minimum Gasteiger partial charge on any atom is -0.434 e. The zero-order valence-electron chi connectivity index (χ0n) is 13.2. The fourth-order valence-electron chi connectivity index (χ4n) is 2.03. The lowest BCUT2D eigenvalue weighted by atomic mass is 10.2. The van der Waals surface area contributed by atoms with E-state index in [1.165, 1.54) is 36.4 Å². The van der Waals surface area contributed by atoms with E-state index < -0.39 is 30.8 Å². The van der Waals surface area contributed by atoms with Crippen molar-refractivity contribution >= 4 is 17.5 Å². The van der Waals surface area contributed by atoms with E-state index in [1.54, 1.807) is 6.92 Å². The molecule has 0 radical (unpaired) electrons. The Morgan fingerprint density at radius 1 is 1.16 bits per heavy atom. The highest BCUT2D eigenvalue weighted by molar-refractivity contribution is 6.01. The first-order valence-electron chi connectivity index (χ1n) is 7.25. The molecule has 8 heteroatoms. The second kappa shape index (κ2) is 8.18. The number of rotatable bonds is 6. The van der Waals surface area contributed by atoms with Crippen LogP contribution in [0, 0.1) is 12.7 Å². The van der Waals surface area contributed by atoms with Crippen molar-refractivity contribution < 1.29 is 27.5 Å². The first-order valence-corrected chi connectivity index (χ1v) is 7.25. The van der Waals surface area contributed by atoms with E-state index >= 15 is 0 Å². The number of alkyl halides is 2. The molecule has 0 aliphatic heterocycles. The van der Waals surface area contributed by atoms with Gasteiger partial charge in [-0.05, 0) is 36.8 Å². The summed E-state index contributed by atoms with van der Waals surface area (Å²) in [6.45, 7) is -1.81. The Labute approximate surface area is 141 Å². The Bertz CT molecular complexity index is 781. The van der Waals surface area contributed by atoms with E-state index in [0.717, 1.165) is 6.07 Å². The van der Waals surface area contributed by atoms with Gasteiger partial charge in [0.05, 0.1) is 12.1 Å². The fourth-order valence-corrected chi connectivity index (χ4v) is 2.03. The molecule has 0 aliphatic carbocycles. The molecule has 0 unspecified atom stereocenters. The van der Waals surface area contributed by atoms with Gasteiger partial charge in [0.1, 0.15) is 11.6 Å². The predicted octanol–water partition coefficient (Wildman–Crippen LogP) is 3.10. The smallest absolute Gasteiger partial charge is 0.387 e. The van der Waals surface area contributed by atoms with Gasteiger partial charge in [0, 0.05) is 5.69 Å². The average molecular weight is 352 g/mol. The highest BCUT2D eigenvalue weighted by Gasteiger charge is 2.16. The van der Waals surface area contributed by atoms with E-state index in [9.17, 15) is 22.8 Å². The molecule has 0 aliphatic rings. The highest BCUT2D eigenvalue weighted by Crippen LogP contribution is 2.20. The topological polar surface area (TPSA) is 67.4 Å². The van der Waals surface area contributed by atoms with Gasteiger partial charge in [0.25, 0.3) is 5.91 Å². The molecule has 0 saturated carbocycles. The van der Waals surface area contributed by atoms with Gasteiger partial charge in [-0.15, -0.1) is 0 Å². The number of ether oxygens (including phenoxy) is 1. The maximum absolute atomic E-state index is 13.2. The van der Waals surface area contributed by atoms with E-state index in [0.29, 0.717) is 5.56 Å². The number of hydrogen-bond donors (Lipinski definition) is 2. The molecule has 0 atom stereocenters. The predicted molar refractivity (Wildman–Crippen MR) is 85.2 cm³/mol. The lowest BCUT2D eigenvalue weighted by Crippen LogP contribution is -2.33. The zero-order valence-corrected chi connectivity index (χ0v) is 13.2. The molecular formula is C17H15F3N2O3. The molecular weight excluding hydrogens is 337 g/mol. The number of aryl methyl sites for hydroxylation is 1. The van der Waals surface area contributed by atoms with Gasteiger partial charge in [0.15, 0.2) is 0 Å². The Hall–Kier alpha value is -3.03. The number of carbonyl (C=O) groups excluding carboxylic acids is 2. The third kappa shape index (κ3) is 5.23. The molecule has 0 spiro atoms. The van der Waals surface area contributed by atoms with Crippen LogP contribution in [-0.4, -0.2) is 25.0 Å². The Kier molecular flexibility index (Phi) is 5.99. The molecule has 2 aromatic carbocycles. The Balaban J connectivity index is 1.98. The van der Waals surface area contributed by atoms with Gasteiger partial charge in [0.2, 0.25) is 5.91 Å². The van der Waals surface area contributed by atoms with Crippen LogP contribution in [0.4, 0.5) is 18.9 Å². The number of carbonyl (C=O) groups is 2. The van der Waals surface area contributed by atoms with Gasteiger partial charge >= 0.3 is 6.61 Å². The SMILES string of the molecule is Cc1ccc(F)cc1NC(=O)CNC(=O)c1ccccc1OC(F)F. The summed E-state index contributed by atoms with van der Waals surface area (Å²) < 4.78 is 42.1. The van der Waals surface area contributed by atoms with E-state index in [4.69, 9.17) is 0 Å². The maximum Gasteiger partial charge on any atom is 0.387 e. The third-order valence-corrected chi connectivity index (χ3v) is 3.23. The largest absolute Gasteiger partial charge is 0.434 e. The summed E-state index contributed by atoms with van der Waals surface area (Å²) in [7, 11) is 0. The minimum absolute atomic E-state index is 0.127. The summed E-state index contributed by atoms with van der Waals surface area (Å²) >= 11 is 0. The van der Waals surface area contributed by atoms with Crippen molar-refractivity contribution in [2.45, 2.75) is 13.5 Å². The van der Waals surface area contributed by atoms with Crippen molar-refractivity contribution in [3.05, 3.63) is 59.4 Å². The summed E-state index contributed by atoms with van der Waals surface area (Å²) in [5.74, 6) is -2.14. The number of amides is 2. The molecule has 0 bridgehead atoms. The summed E-state index contributed by atoms with van der Waals surface area (Å²) in [4.78, 5) is 23.9. The van der Waals surface area contributed by atoms with Crippen molar-refractivity contribution in [2.24, 2.45) is 0 Å². The van der Waals surface area contributed by atoms with Crippen LogP contribution in [-0.2, 0) is 4.79 Å². The first-order chi connectivity index (χ1) is 11.9. The molecule has 0 heterocycles. The van der Waals surface area contributed by atoms with Gasteiger partial charge in [-0.25, -0.2) is 4.39 Å². The van der Waals surface area contributed by atoms with Crippen molar-refractivity contribution in [3.8, 4) is 5.75 Å². The van der Waals surface area contributed by atoms with Crippen LogP contribution in [0.5, 0.6) is 5.75 Å². The van der Waals surface area contributed by atoms with Crippen molar-refractivity contribution in [1.29, 1.82) is 0 Å². The van der Waals surface area contributed by atoms with Gasteiger partial charge < -0.3 is 15.4 Å². The van der Waals surface area contributed by atoms with Crippen LogP contribution in [0.15, 0.2) is 42.5 Å². The number of nitrogens with one attached hydrogen (secondary N) is 2. The van der Waals surface area contributed by atoms with Crippen LogP contribution in [0.2, 0.25) is 0 Å². The molecule has 132 valence electrons. The summed E-state index contributed by atoms with van der Waals surface area (Å²) in [6.07, 6.45) is 0. The summed E-state index contributed by atoms with van der Waals surface area (Å²) in [5, 5.41) is 4.76. The summed E-state index contributed by atoms with van der Waals surface area (Å²) in [6, 6.07) is 9.34. The van der Waals surface area contributed by atoms with Gasteiger partial charge in [-0.2, -0.15) is 8.78 Å². The maximum atomic E-state index is 13.2. The molecule has 2 rings (SSSR count). The fraction of sp³-hybridized carbons (Fsp3) is 0.176. The quantitative estimate of drug-likeness (QED) is 0.839. The number of benzene rings is 2. The summed E-state index contributed by atoms with van der Waals surface area (Å²) in [5.41, 5.74) is 0.801. The lowest BCUT2D eigenvalue weighted by molar-refractivity contribution is -0.115. The normalized spacial score (nSPS) is 10.4. The van der Waals surface area contributed by atoms with E-state index in [2.05, 4.69) is 15.4 Å². The molecule has 25 heavy (non-hydrogen) atoms. The van der Waals surface area contributed by atoms with E-state index in [-0.39, 0.29) is 17.0 Å². The molecule has 0 saturated heterocycles. The monoisotopic (exact) mass is 352 g/mol. The van der Waals surface area contributed by atoms with Crippen LogP contribution in [0.1, 0.15) is 15.9 Å². The highest BCUT2D eigenvalue weighted by atomic mass is 19.3. The number of halogens is 3.